The summed E-state index contributed by atoms with van der Waals surface area (Å²) < 4.78 is 16.1. The molecule has 0 amide bonds. The Bertz CT molecular complexity index is 348. The standard InChI is InChI=1S/C13H21NOSSe/c1-13(2,3)16(15)14-10-7-11-17-12-8-5-4-6-9-12/h4-6,8-9,14H,7,10-11H2,1-3H3. The van der Waals surface area contributed by atoms with Gasteiger partial charge in [-0.3, -0.25) is 0 Å². The normalized spacial score (nSPS) is 13.6. The number of hydrogen-bond acceptors (Lipinski definition) is 1. The molecular formula is C13H21NOSSe. The molecule has 1 rings (SSSR count). The van der Waals surface area contributed by atoms with E-state index in [4.69, 9.17) is 0 Å². The van der Waals surface area contributed by atoms with Crippen molar-refractivity contribution in [1.82, 2.24) is 4.72 Å². The third-order valence-electron chi connectivity index (χ3n) is 2.12. The average molecular weight is 318 g/mol. The SMILES string of the molecule is CC(C)(C)S(=O)NCCC[Se]c1ccccc1. The third kappa shape index (κ3) is 6.37. The summed E-state index contributed by atoms with van der Waals surface area (Å²) in [4.78, 5) is 0. The van der Waals surface area contributed by atoms with Crippen molar-refractivity contribution in [1.29, 1.82) is 0 Å². The minimum absolute atomic E-state index is 0.162. The summed E-state index contributed by atoms with van der Waals surface area (Å²) in [6.07, 6.45) is 1.09. The molecule has 1 atom stereocenters. The van der Waals surface area contributed by atoms with E-state index in [1.54, 1.807) is 0 Å². The van der Waals surface area contributed by atoms with Gasteiger partial charge in [0.05, 0.1) is 0 Å². The minimum atomic E-state index is -0.928. The fourth-order valence-corrected chi connectivity index (χ4v) is 3.76. The Morgan fingerprint density at radius 3 is 2.47 bits per heavy atom. The Balaban J connectivity index is 2.12. The monoisotopic (exact) mass is 319 g/mol. The van der Waals surface area contributed by atoms with Gasteiger partial charge in [-0.1, -0.05) is 0 Å². The van der Waals surface area contributed by atoms with E-state index < -0.39 is 11.0 Å². The third-order valence-corrected chi connectivity index (χ3v) is 6.01. The molecule has 0 aromatic heterocycles. The molecule has 0 saturated carbocycles. The van der Waals surface area contributed by atoms with Crippen LogP contribution < -0.4 is 9.18 Å². The van der Waals surface area contributed by atoms with Gasteiger partial charge >= 0.3 is 113 Å². The molecule has 0 spiro atoms. The first kappa shape index (κ1) is 14.9. The summed E-state index contributed by atoms with van der Waals surface area (Å²) in [5.41, 5.74) is 0. The molecule has 0 aliphatic carbocycles. The second kappa shape index (κ2) is 7.32. The number of hydrogen-bond donors (Lipinski definition) is 1. The predicted molar refractivity (Wildman–Crippen MR) is 77.2 cm³/mol. The van der Waals surface area contributed by atoms with Crippen LogP contribution in [0.4, 0.5) is 0 Å². The fraction of sp³-hybridized carbons (Fsp3) is 0.538. The summed E-state index contributed by atoms with van der Waals surface area (Å²) in [5.74, 6) is 0. The van der Waals surface area contributed by atoms with E-state index in [1.807, 2.05) is 26.8 Å². The quantitative estimate of drug-likeness (QED) is 0.630. The van der Waals surface area contributed by atoms with Crippen LogP contribution in [-0.2, 0) is 11.0 Å². The van der Waals surface area contributed by atoms with Crippen molar-refractivity contribution in [2.75, 3.05) is 6.54 Å². The van der Waals surface area contributed by atoms with Crippen molar-refractivity contribution >= 4 is 30.4 Å². The molecule has 96 valence electrons. The topological polar surface area (TPSA) is 29.1 Å². The number of nitrogens with one attached hydrogen (secondary N) is 1. The molecule has 0 radical (unpaired) electrons. The zero-order valence-corrected chi connectivity index (χ0v) is 13.3. The molecule has 1 aromatic rings. The van der Waals surface area contributed by atoms with Crippen LogP contribution in [0.1, 0.15) is 27.2 Å². The Kier molecular flexibility index (Phi) is 6.42. The molecule has 0 aliphatic heterocycles. The van der Waals surface area contributed by atoms with Crippen LogP contribution in [0.2, 0.25) is 5.32 Å². The Morgan fingerprint density at radius 1 is 1.24 bits per heavy atom. The van der Waals surface area contributed by atoms with Crippen molar-refractivity contribution in [2.45, 2.75) is 37.3 Å². The second-order valence-electron chi connectivity index (χ2n) is 4.79. The van der Waals surface area contributed by atoms with Crippen LogP contribution in [0, 0.1) is 0 Å². The van der Waals surface area contributed by atoms with Crippen molar-refractivity contribution in [3.63, 3.8) is 0 Å². The van der Waals surface area contributed by atoms with Gasteiger partial charge in [0, 0.05) is 0 Å². The van der Waals surface area contributed by atoms with Gasteiger partial charge in [0.15, 0.2) is 0 Å². The first-order chi connectivity index (χ1) is 8.00. The molecule has 17 heavy (non-hydrogen) atoms. The summed E-state index contributed by atoms with van der Waals surface area (Å²) in [7, 11) is -0.928. The van der Waals surface area contributed by atoms with Gasteiger partial charge < -0.3 is 0 Å². The molecule has 0 fully saturated rings. The molecule has 1 aromatic carbocycles. The van der Waals surface area contributed by atoms with E-state index in [2.05, 4.69) is 29.0 Å². The van der Waals surface area contributed by atoms with Crippen molar-refractivity contribution in [3.05, 3.63) is 30.3 Å². The van der Waals surface area contributed by atoms with Crippen molar-refractivity contribution < 1.29 is 4.21 Å². The molecule has 0 heterocycles. The van der Waals surface area contributed by atoms with Crippen LogP contribution in [0.15, 0.2) is 30.3 Å². The molecular weight excluding hydrogens is 297 g/mol. The van der Waals surface area contributed by atoms with Crippen molar-refractivity contribution in [2.24, 2.45) is 0 Å². The molecule has 0 aliphatic rings. The van der Waals surface area contributed by atoms with E-state index in [1.165, 1.54) is 9.78 Å². The van der Waals surface area contributed by atoms with Gasteiger partial charge in [0.25, 0.3) is 0 Å². The zero-order valence-electron chi connectivity index (χ0n) is 10.7. The van der Waals surface area contributed by atoms with Gasteiger partial charge in [0.2, 0.25) is 0 Å². The van der Waals surface area contributed by atoms with E-state index >= 15 is 0 Å². The van der Waals surface area contributed by atoms with Crippen LogP contribution in [0.25, 0.3) is 0 Å². The zero-order chi connectivity index (χ0) is 12.7. The van der Waals surface area contributed by atoms with Crippen LogP contribution in [0.5, 0.6) is 0 Å². The van der Waals surface area contributed by atoms with E-state index in [0.717, 1.165) is 13.0 Å². The maximum atomic E-state index is 11.7. The van der Waals surface area contributed by atoms with Gasteiger partial charge in [0.1, 0.15) is 0 Å². The van der Waals surface area contributed by atoms with Gasteiger partial charge in [-0.15, -0.1) is 0 Å². The van der Waals surface area contributed by atoms with Crippen molar-refractivity contribution in [3.8, 4) is 0 Å². The summed E-state index contributed by atoms with van der Waals surface area (Å²) >= 11 is 0.548. The Labute approximate surface area is 113 Å². The van der Waals surface area contributed by atoms with Crippen LogP contribution in [-0.4, -0.2) is 30.5 Å². The molecule has 2 nitrogen and oxygen atoms in total. The number of benzene rings is 1. The maximum absolute atomic E-state index is 11.7. The van der Waals surface area contributed by atoms with E-state index in [0.29, 0.717) is 15.0 Å². The first-order valence-corrected chi connectivity index (χ1v) is 9.05. The average Bonchev–Trinajstić information content (AvgIpc) is 2.28. The van der Waals surface area contributed by atoms with Gasteiger partial charge in [-0.05, 0) is 0 Å². The molecule has 1 N–H and O–H groups in total. The Hall–Kier alpha value is -0.151. The Morgan fingerprint density at radius 2 is 1.88 bits per heavy atom. The van der Waals surface area contributed by atoms with Crippen LogP contribution >= 0.6 is 0 Å². The molecule has 4 heteroatoms. The summed E-state index contributed by atoms with van der Waals surface area (Å²) in [6, 6.07) is 10.6. The fourth-order valence-electron chi connectivity index (χ4n) is 1.16. The predicted octanol–water partition coefficient (Wildman–Crippen LogP) is 1.88. The molecule has 0 saturated heterocycles. The van der Waals surface area contributed by atoms with Gasteiger partial charge in [-0.25, -0.2) is 0 Å². The molecule has 0 bridgehead atoms. The van der Waals surface area contributed by atoms with E-state index in [-0.39, 0.29) is 4.75 Å². The van der Waals surface area contributed by atoms with E-state index in [9.17, 15) is 4.21 Å². The van der Waals surface area contributed by atoms with Crippen LogP contribution in [0.3, 0.4) is 0 Å². The van der Waals surface area contributed by atoms with Gasteiger partial charge in [-0.2, -0.15) is 0 Å². The first-order valence-electron chi connectivity index (χ1n) is 5.83. The number of rotatable bonds is 6. The molecule has 1 unspecified atom stereocenters. The summed E-state index contributed by atoms with van der Waals surface area (Å²) in [6.45, 7) is 6.82. The summed E-state index contributed by atoms with van der Waals surface area (Å²) in [5, 5.41) is 1.20. The second-order valence-corrected chi connectivity index (χ2v) is 9.29.